The summed E-state index contributed by atoms with van der Waals surface area (Å²) in [5, 5.41) is 0. The van der Waals surface area contributed by atoms with Crippen molar-refractivity contribution in [2.75, 3.05) is 0 Å². The molecular weight excluding hydrogens is 514 g/mol. The second kappa shape index (κ2) is 8.46. The van der Waals surface area contributed by atoms with Crippen LogP contribution in [0, 0.1) is 0 Å². The molecule has 0 aromatic carbocycles. The van der Waals surface area contributed by atoms with E-state index < -0.39 is 41.7 Å². The van der Waals surface area contributed by atoms with Crippen LogP contribution in [-0.2, 0) is 76.7 Å². The first-order valence-corrected chi connectivity index (χ1v) is 38.5. The van der Waals surface area contributed by atoms with Crippen molar-refractivity contribution in [3.05, 3.63) is 0 Å². The van der Waals surface area contributed by atoms with Crippen LogP contribution in [0.4, 0.5) is 0 Å². The average Bonchev–Trinajstić information content (AvgIpc) is 2.24. The van der Waals surface area contributed by atoms with Crippen molar-refractivity contribution >= 4 is 30.4 Å². The van der Waals surface area contributed by atoms with Crippen LogP contribution in [0.15, 0.2) is 0 Å². The standard InChI is InChI=1S/2C2H5NO.2C2H5.2ClH.6Ti/c2*1-2(3)4;2*1-2;;;;;;;;/h2*1H3,(H2,3,4);2*1H2,2H3;2*1H;;;;;;/q;;;;;;;;;;+1;+3/p-4. The van der Waals surface area contributed by atoms with Crippen molar-refractivity contribution in [2.24, 2.45) is 0 Å². The Kier molecular flexibility index (Phi) is 9.24. The predicted molar refractivity (Wildman–Crippen MR) is 60.3 cm³/mol. The summed E-state index contributed by atoms with van der Waals surface area (Å²) < 4.78 is 9.01. The molecule has 1 aliphatic rings. The number of nitrogens with one attached hydrogen (secondary N) is 2. The minimum absolute atomic E-state index is 0.0507. The van der Waals surface area contributed by atoms with Gasteiger partial charge in [0.15, 0.2) is 0 Å². The van der Waals surface area contributed by atoms with Crippen LogP contribution >= 0.6 is 18.6 Å². The Morgan fingerprint density at radius 1 is 1.20 bits per heavy atom. The Balaban J connectivity index is 3.12. The normalized spacial score (nSPS) is 23.9. The van der Waals surface area contributed by atoms with Crippen LogP contribution in [0.25, 0.3) is 0 Å². The zero-order chi connectivity index (χ0) is 15.6. The number of carbonyl (C=O) groups excluding carboxylic acids is 2. The Morgan fingerprint density at radius 3 is 2.15 bits per heavy atom. The molecule has 0 unspecified atom stereocenters. The Bertz CT molecular complexity index is 420. The van der Waals surface area contributed by atoms with Gasteiger partial charge in [-0.2, -0.15) is 0 Å². The van der Waals surface area contributed by atoms with Gasteiger partial charge in [0.1, 0.15) is 0 Å². The molecule has 2 amide bonds. The van der Waals surface area contributed by atoms with E-state index in [-0.39, 0.29) is 37.3 Å². The third-order valence-electron chi connectivity index (χ3n) is 3.07. The fraction of sp³-hybridized carbons (Fsp3) is 0.750. The van der Waals surface area contributed by atoms with Crippen LogP contribution in [0.1, 0.15) is 27.7 Å². The third-order valence-corrected chi connectivity index (χ3v) is 211. The van der Waals surface area contributed by atoms with Crippen LogP contribution in [0.2, 0.25) is 9.45 Å². The number of hydrogen-bond donors (Lipinski definition) is 2. The molecule has 110 valence electrons. The van der Waals surface area contributed by atoms with E-state index >= 15 is 0 Å². The van der Waals surface area contributed by atoms with Crippen LogP contribution in [0.3, 0.4) is 0 Å². The number of hydrogen-bond acceptors (Lipinski definition) is 2. The van der Waals surface area contributed by atoms with Crippen LogP contribution < -0.4 is 7.60 Å². The number of carbonyl (C=O) groups is 2. The molecule has 20 heavy (non-hydrogen) atoms. The molecule has 1 heterocycles. The van der Waals surface area contributed by atoms with Gasteiger partial charge in [-0.3, -0.25) is 0 Å². The first-order chi connectivity index (χ1) is 9.02. The van der Waals surface area contributed by atoms with Crippen molar-refractivity contribution < 1.29 is 76.7 Å². The Hall–Kier alpha value is 3.81. The van der Waals surface area contributed by atoms with Gasteiger partial charge in [-0.1, -0.05) is 0 Å². The number of rotatable bonds is 4. The number of halogens is 2. The van der Waals surface area contributed by atoms with Gasteiger partial charge in [0.2, 0.25) is 0 Å². The van der Waals surface area contributed by atoms with Gasteiger partial charge in [0.05, 0.1) is 0 Å². The molecule has 2 N–H and O–H groups in total. The van der Waals surface area contributed by atoms with Crippen LogP contribution in [-0.4, -0.2) is 11.8 Å². The van der Waals surface area contributed by atoms with Crippen molar-refractivity contribution in [1.82, 2.24) is 7.60 Å². The van der Waals surface area contributed by atoms with Gasteiger partial charge in [-0.25, -0.2) is 0 Å². The molecule has 1 aliphatic heterocycles. The van der Waals surface area contributed by atoms with Gasteiger partial charge in [-0.05, 0) is 0 Å². The van der Waals surface area contributed by atoms with E-state index in [1.807, 2.05) is 0 Å². The maximum atomic E-state index is 11.6. The zero-order valence-electron chi connectivity index (χ0n) is 12.0. The molecular formula is C8H18Cl2N2O2Ti6. The molecule has 1 saturated heterocycles. The predicted octanol–water partition coefficient (Wildman–Crippen LogP) is 2.49. The number of amides is 2. The molecule has 12 heteroatoms. The fourth-order valence-corrected chi connectivity index (χ4v) is 487. The van der Waals surface area contributed by atoms with E-state index in [0.29, 0.717) is 0 Å². The summed E-state index contributed by atoms with van der Waals surface area (Å²) in [6.07, 6.45) is 0. The summed E-state index contributed by atoms with van der Waals surface area (Å²) in [6.45, 7) is 7.76. The summed E-state index contributed by atoms with van der Waals surface area (Å²) in [5.41, 5.74) is 0. The fourth-order valence-electron chi connectivity index (χ4n) is 2.19. The van der Waals surface area contributed by atoms with Gasteiger partial charge < -0.3 is 0 Å². The average molecular weight is 532 g/mol. The zero-order valence-corrected chi connectivity index (χ0v) is 22.9. The minimum atomic E-state index is -3.69. The van der Waals surface area contributed by atoms with Crippen molar-refractivity contribution in [1.29, 1.82) is 0 Å². The summed E-state index contributed by atoms with van der Waals surface area (Å²) >= 11 is -2.32. The second-order valence-corrected chi connectivity index (χ2v) is 103. The van der Waals surface area contributed by atoms with Gasteiger partial charge >= 0.3 is 152 Å². The Labute approximate surface area is 148 Å². The maximum absolute atomic E-state index is 11.6. The summed E-state index contributed by atoms with van der Waals surface area (Å²) in [6, 6.07) is 0. The van der Waals surface area contributed by atoms with Crippen molar-refractivity contribution in [3.8, 4) is 0 Å². The third kappa shape index (κ3) is 6.60. The van der Waals surface area contributed by atoms with E-state index in [0.717, 1.165) is 0 Å². The second-order valence-electron chi connectivity index (χ2n) is 4.91. The molecule has 4 nitrogen and oxygen atoms in total. The van der Waals surface area contributed by atoms with Gasteiger partial charge in [0, 0.05) is 0 Å². The van der Waals surface area contributed by atoms with E-state index in [2.05, 4.69) is 21.4 Å². The van der Waals surface area contributed by atoms with E-state index in [9.17, 15) is 9.59 Å². The molecule has 0 saturated carbocycles. The topological polar surface area (TPSA) is 58.2 Å². The van der Waals surface area contributed by atoms with Gasteiger partial charge in [-0.15, -0.1) is 0 Å². The van der Waals surface area contributed by atoms with Crippen molar-refractivity contribution in [2.45, 2.75) is 37.1 Å². The van der Waals surface area contributed by atoms with E-state index in [1.54, 1.807) is 6.92 Å². The molecule has 1 rings (SSSR count). The quantitative estimate of drug-likeness (QED) is 0.547. The van der Waals surface area contributed by atoms with E-state index in [4.69, 9.17) is 18.6 Å². The van der Waals surface area contributed by atoms with Gasteiger partial charge in [0.25, 0.3) is 0 Å². The molecule has 0 radical (unpaired) electrons. The first kappa shape index (κ1) is 21.8. The molecule has 0 aromatic rings. The SMILES string of the molecule is C[CH2][Ti]1([CH2]C)[Ti][Ti]([NH]C(C)=O)[Ti][Ti]([Cl])([Cl])([NH]C(C)=O)[Ti]1. The molecule has 0 aliphatic carbocycles. The summed E-state index contributed by atoms with van der Waals surface area (Å²) in [5.74, 6) is 0.0495. The molecule has 0 bridgehead atoms. The molecule has 1 fully saturated rings. The van der Waals surface area contributed by atoms with Crippen molar-refractivity contribution in [3.63, 3.8) is 0 Å². The first-order valence-electron chi connectivity index (χ1n) is 6.41. The Morgan fingerprint density at radius 2 is 1.75 bits per heavy atom. The summed E-state index contributed by atoms with van der Waals surface area (Å²) in [4.78, 5) is 23.1. The molecule has 0 aromatic heterocycles. The molecule has 0 spiro atoms. The monoisotopic (exact) mass is 532 g/mol. The van der Waals surface area contributed by atoms with E-state index in [1.165, 1.54) is 16.4 Å². The van der Waals surface area contributed by atoms with Crippen LogP contribution in [0.5, 0.6) is 0 Å². The molecule has 0 atom stereocenters. The summed E-state index contributed by atoms with van der Waals surface area (Å²) in [7, 11) is 8.53.